The number of nitrogens with zero attached hydrogens (tertiary/aromatic N) is 1. The normalized spacial score (nSPS) is 23.9. The zero-order chi connectivity index (χ0) is 13.0. The molecule has 18 heavy (non-hydrogen) atoms. The van der Waals surface area contributed by atoms with Gasteiger partial charge in [-0.15, -0.1) is 0 Å². The number of piperidine rings is 1. The van der Waals surface area contributed by atoms with Crippen LogP contribution in [0.2, 0.25) is 0 Å². The minimum atomic E-state index is -1.14. The lowest BCUT2D eigenvalue weighted by atomic mass is 10.1. The molecule has 98 valence electrons. The Labute approximate surface area is 105 Å². The lowest BCUT2D eigenvalue weighted by Gasteiger charge is -2.36. The summed E-state index contributed by atoms with van der Waals surface area (Å²) in [5.74, 6) is 0. The number of rotatable bonds is 3. The summed E-state index contributed by atoms with van der Waals surface area (Å²) in [7, 11) is 0. The molecule has 0 aromatic heterocycles. The van der Waals surface area contributed by atoms with Crippen molar-refractivity contribution in [2.45, 2.75) is 31.7 Å². The first-order valence-electron chi connectivity index (χ1n) is 6.09. The highest BCUT2D eigenvalue weighted by molar-refractivity contribution is 5.65. The van der Waals surface area contributed by atoms with E-state index >= 15 is 0 Å². The molecule has 1 aliphatic rings. The van der Waals surface area contributed by atoms with Crippen molar-refractivity contribution in [2.75, 3.05) is 6.54 Å². The zero-order valence-corrected chi connectivity index (χ0v) is 10.1. The molecule has 1 saturated heterocycles. The fourth-order valence-corrected chi connectivity index (χ4v) is 2.22. The highest BCUT2D eigenvalue weighted by Gasteiger charge is 2.33. The average Bonchev–Trinajstić information content (AvgIpc) is 2.38. The minimum Gasteiger partial charge on any atom is -0.465 e. The lowest BCUT2D eigenvalue weighted by Crippen LogP contribution is -2.56. The van der Waals surface area contributed by atoms with Gasteiger partial charge in [0.2, 0.25) is 0 Å². The Morgan fingerprint density at radius 2 is 2.17 bits per heavy atom. The molecule has 0 saturated carbocycles. The molecule has 4 nitrogen and oxygen atoms in total. The number of carbonyl (C=O) groups is 1. The molecule has 1 aromatic rings. The van der Waals surface area contributed by atoms with E-state index < -0.39 is 18.4 Å². The Balaban J connectivity index is 1.98. The molecule has 1 fully saturated rings. The standard InChI is InChI=1S/C13H17FN2O2/c14-11-7-4-8-16(13(17)18)12(11)15-9-10-5-2-1-3-6-10/h1-3,5-6,11-12,15H,4,7-9H2,(H,17,18). The SMILES string of the molecule is O=C(O)N1CCCC(F)C1NCc1ccccc1. The highest BCUT2D eigenvalue weighted by Crippen LogP contribution is 2.19. The van der Waals surface area contributed by atoms with Gasteiger partial charge in [0.25, 0.3) is 0 Å². The van der Waals surface area contributed by atoms with E-state index in [2.05, 4.69) is 5.32 Å². The van der Waals surface area contributed by atoms with Crippen LogP contribution < -0.4 is 5.32 Å². The van der Waals surface area contributed by atoms with E-state index in [-0.39, 0.29) is 0 Å². The van der Waals surface area contributed by atoms with Crippen LogP contribution in [-0.4, -0.2) is 35.0 Å². The number of carboxylic acid groups (broad SMARTS) is 1. The van der Waals surface area contributed by atoms with Crippen LogP contribution in [0, 0.1) is 0 Å². The minimum absolute atomic E-state index is 0.391. The molecule has 0 radical (unpaired) electrons. The van der Waals surface area contributed by atoms with Crippen molar-refractivity contribution in [3.8, 4) is 0 Å². The van der Waals surface area contributed by atoms with Gasteiger partial charge in [0, 0.05) is 13.1 Å². The van der Waals surface area contributed by atoms with Crippen LogP contribution in [0.1, 0.15) is 18.4 Å². The average molecular weight is 252 g/mol. The summed E-state index contributed by atoms with van der Waals surface area (Å²) in [6.45, 7) is 0.859. The number of benzene rings is 1. The van der Waals surface area contributed by atoms with Crippen molar-refractivity contribution in [3.63, 3.8) is 0 Å². The molecule has 2 unspecified atom stereocenters. The van der Waals surface area contributed by atoms with Crippen LogP contribution in [0.3, 0.4) is 0 Å². The second-order valence-corrected chi connectivity index (χ2v) is 4.45. The quantitative estimate of drug-likeness (QED) is 0.867. The van der Waals surface area contributed by atoms with Crippen LogP contribution in [0.4, 0.5) is 9.18 Å². The van der Waals surface area contributed by atoms with E-state index in [9.17, 15) is 9.18 Å². The van der Waals surface area contributed by atoms with Gasteiger partial charge in [-0.2, -0.15) is 0 Å². The van der Waals surface area contributed by atoms with E-state index in [1.807, 2.05) is 30.3 Å². The first kappa shape index (κ1) is 12.8. The maximum absolute atomic E-state index is 13.8. The van der Waals surface area contributed by atoms with Gasteiger partial charge in [0.05, 0.1) is 0 Å². The van der Waals surface area contributed by atoms with Gasteiger partial charge in [-0.05, 0) is 18.4 Å². The van der Waals surface area contributed by atoms with Gasteiger partial charge in [0.15, 0.2) is 0 Å². The van der Waals surface area contributed by atoms with Gasteiger partial charge in [0.1, 0.15) is 12.3 Å². The molecular weight excluding hydrogens is 235 g/mol. The van der Waals surface area contributed by atoms with E-state index in [0.717, 1.165) is 10.5 Å². The molecular formula is C13H17FN2O2. The van der Waals surface area contributed by atoms with Gasteiger partial charge in [-0.3, -0.25) is 10.2 Å². The lowest BCUT2D eigenvalue weighted by molar-refractivity contribution is 0.0435. The predicted molar refractivity (Wildman–Crippen MR) is 65.9 cm³/mol. The first-order valence-corrected chi connectivity index (χ1v) is 6.09. The Morgan fingerprint density at radius 1 is 1.44 bits per heavy atom. The summed E-state index contributed by atoms with van der Waals surface area (Å²) in [5.41, 5.74) is 1.01. The predicted octanol–water partition coefficient (Wildman–Crippen LogP) is 2.21. The molecule has 1 heterocycles. The molecule has 2 rings (SSSR count). The monoisotopic (exact) mass is 252 g/mol. The second-order valence-electron chi connectivity index (χ2n) is 4.45. The molecule has 1 aliphatic heterocycles. The molecule has 1 amide bonds. The maximum Gasteiger partial charge on any atom is 0.408 e. The molecule has 0 bridgehead atoms. The number of alkyl halides is 1. The third-order valence-corrected chi connectivity index (χ3v) is 3.16. The van der Waals surface area contributed by atoms with E-state index in [4.69, 9.17) is 5.11 Å². The Hall–Kier alpha value is -1.62. The summed E-state index contributed by atoms with van der Waals surface area (Å²) in [5, 5.41) is 12.0. The number of hydrogen-bond donors (Lipinski definition) is 2. The number of likely N-dealkylation sites (tertiary alicyclic amines) is 1. The van der Waals surface area contributed by atoms with Gasteiger partial charge >= 0.3 is 6.09 Å². The summed E-state index contributed by atoms with van der Waals surface area (Å²) in [6.07, 6.45) is -1.95. The third kappa shape index (κ3) is 2.98. The summed E-state index contributed by atoms with van der Waals surface area (Å²) < 4.78 is 13.8. The molecule has 1 aromatic carbocycles. The summed E-state index contributed by atoms with van der Waals surface area (Å²) in [6, 6.07) is 9.56. The molecule has 2 N–H and O–H groups in total. The molecule has 0 spiro atoms. The van der Waals surface area contributed by atoms with Crippen LogP contribution in [0.25, 0.3) is 0 Å². The fourth-order valence-electron chi connectivity index (χ4n) is 2.22. The summed E-state index contributed by atoms with van der Waals surface area (Å²) in [4.78, 5) is 12.2. The number of amides is 1. The Bertz CT molecular complexity index is 399. The van der Waals surface area contributed by atoms with Gasteiger partial charge in [-0.1, -0.05) is 30.3 Å². The molecule has 5 heteroatoms. The maximum atomic E-state index is 13.8. The summed E-state index contributed by atoms with van der Waals surface area (Å²) >= 11 is 0. The topological polar surface area (TPSA) is 52.6 Å². The van der Waals surface area contributed by atoms with Crippen molar-refractivity contribution < 1.29 is 14.3 Å². The van der Waals surface area contributed by atoms with Crippen molar-refractivity contribution in [1.29, 1.82) is 0 Å². The number of hydrogen-bond acceptors (Lipinski definition) is 2. The Morgan fingerprint density at radius 3 is 2.83 bits per heavy atom. The number of nitrogens with one attached hydrogen (secondary N) is 1. The molecule has 2 atom stereocenters. The van der Waals surface area contributed by atoms with Gasteiger partial charge < -0.3 is 5.11 Å². The largest absolute Gasteiger partial charge is 0.465 e. The first-order chi connectivity index (χ1) is 8.68. The zero-order valence-electron chi connectivity index (χ0n) is 10.1. The van der Waals surface area contributed by atoms with Crippen LogP contribution in [0.5, 0.6) is 0 Å². The van der Waals surface area contributed by atoms with E-state index in [0.29, 0.717) is 25.9 Å². The van der Waals surface area contributed by atoms with Crippen LogP contribution in [-0.2, 0) is 6.54 Å². The third-order valence-electron chi connectivity index (χ3n) is 3.16. The van der Waals surface area contributed by atoms with Crippen molar-refractivity contribution >= 4 is 6.09 Å². The van der Waals surface area contributed by atoms with Crippen molar-refractivity contribution in [1.82, 2.24) is 10.2 Å². The van der Waals surface area contributed by atoms with Crippen LogP contribution in [0.15, 0.2) is 30.3 Å². The second kappa shape index (κ2) is 5.82. The van der Waals surface area contributed by atoms with E-state index in [1.54, 1.807) is 0 Å². The Kier molecular flexibility index (Phi) is 4.15. The van der Waals surface area contributed by atoms with E-state index in [1.165, 1.54) is 0 Å². The van der Waals surface area contributed by atoms with Crippen LogP contribution >= 0.6 is 0 Å². The number of halogens is 1. The molecule has 0 aliphatic carbocycles. The highest BCUT2D eigenvalue weighted by atomic mass is 19.1. The van der Waals surface area contributed by atoms with Crippen molar-refractivity contribution in [3.05, 3.63) is 35.9 Å². The smallest absolute Gasteiger partial charge is 0.408 e. The fraction of sp³-hybridized carbons (Fsp3) is 0.462. The van der Waals surface area contributed by atoms with Gasteiger partial charge in [-0.25, -0.2) is 9.18 Å². The van der Waals surface area contributed by atoms with Crippen molar-refractivity contribution in [2.24, 2.45) is 0 Å².